The number of para-hydroxylation sites is 1. The summed E-state index contributed by atoms with van der Waals surface area (Å²) in [5.74, 6) is -2.04. The van der Waals surface area contributed by atoms with Crippen molar-refractivity contribution in [2.24, 2.45) is 7.05 Å². The highest BCUT2D eigenvalue weighted by atomic mass is 19.3. The molecule has 0 spiro atoms. The van der Waals surface area contributed by atoms with Crippen LogP contribution in [0.5, 0.6) is 0 Å². The summed E-state index contributed by atoms with van der Waals surface area (Å²) in [5, 5.41) is 6.25. The van der Waals surface area contributed by atoms with Crippen molar-refractivity contribution >= 4 is 11.6 Å². The quantitative estimate of drug-likeness (QED) is 0.667. The highest BCUT2D eigenvalue weighted by molar-refractivity contribution is 5.96. The van der Waals surface area contributed by atoms with Gasteiger partial charge in [0.15, 0.2) is 0 Å². The lowest BCUT2D eigenvalue weighted by atomic mass is 10.0. The Morgan fingerprint density at radius 2 is 1.89 bits per heavy atom. The molecule has 0 fully saturated rings. The zero-order chi connectivity index (χ0) is 19.6. The summed E-state index contributed by atoms with van der Waals surface area (Å²) in [5.41, 5.74) is 0.405. The number of hydrogen-bond donors (Lipinski definition) is 1. The van der Waals surface area contributed by atoms with Crippen LogP contribution in [0.2, 0.25) is 0 Å². The van der Waals surface area contributed by atoms with Gasteiger partial charge in [0.05, 0.1) is 6.42 Å². The van der Waals surface area contributed by atoms with Gasteiger partial charge in [0.1, 0.15) is 17.3 Å². The topological polar surface area (TPSA) is 46.9 Å². The van der Waals surface area contributed by atoms with Crippen LogP contribution in [-0.4, -0.2) is 15.7 Å². The van der Waals surface area contributed by atoms with Gasteiger partial charge in [0.25, 0.3) is 6.43 Å². The lowest BCUT2D eigenvalue weighted by Crippen LogP contribution is -2.15. The summed E-state index contributed by atoms with van der Waals surface area (Å²) < 4.78 is 54.5. The molecule has 2 aromatic carbocycles. The molecule has 3 aromatic rings. The number of rotatable bonds is 5. The largest absolute Gasteiger partial charge is 0.325 e. The SMILES string of the molecule is Cn1cc(CC(=O)Nc2ccccc2-c2ccc(F)cc2F)c(C(F)F)n1. The molecule has 27 heavy (non-hydrogen) atoms. The third-order valence-electron chi connectivity index (χ3n) is 3.92. The van der Waals surface area contributed by atoms with Gasteiger partial charge in [-0.3, -0.25) is 9.48 Å². The lowest BCUT2D eigenvalue weighted by molar-refractivity contribution is -0.115. The van der Waals surface area contributed by atoms with Crippen molar-refractivity contribution in [3.8, 4) is 11.1 Å². The first-order valence-electron chi connectivity index (χ1n) is 8.00. The number of nitrogens with one attached hydrogen (secondary N) is 1. The minimum Gasteiger partial charge on any atom is -0.325 e. The highest BCUT2D eigenvalue weighted by Gasteiger charge is 2.20. The van der Waals surface area contributed by atoms with Gasteiger partial charge in [0.2, 0.25) is 5.91 Å². The van der Waals surface area contributed by atoms with Gasteiger partial charge in [-0.05, 0) is 18.2 Å². The number of aromatic nitrogens is 2. The standard InChI is InChI=1S/C19H15F4N3O/c1-26-10-11(18(25-26)19(22)23)8-17(27)24-16-5-3-2-4-14(16)13-7-6-12(20)9-15(13)21/h2-7,9-10,19H,8H2,1H3,(H,24,27). The third-order valence-corrected chi connectivity index (χ3v) is 3.92. The average molecular weight is 377 g/mol. The van der Waals surface area contributed by atoms with Crippen LogP contribution in [0.1, 0.15) is 17.7 Å². The fraction of sp³-hybridized carbons (Fsp3) is 0.158. The molecule has 0 saturated heterocycles. The van der Waals surface area contributed by atoms with Gasteiger partial charge in [0, 0.05) is 41.7 Å². The second kappa shape index (κ2) is 7.61. The number of amides is 1. The molecular formula is C19H15F4N3O. The average Bonchev–Trinajstić information content (AvgIpc) is 2.96. The number of hydrogen-bond acceptors (Lipinski definition) is 2. The maximum Gasteiger partial charge on any atom is 0.282 e. The molecule has 1 N–H and O–H groups in total. The number of carbonyl (C=O) groups is 1. The maximum absolute atomic E-state index is 14.1. The first kappa shape index (κ1) is 18.6. The fourth-order valence-electron chi connectivity index (χ4n) is 2.78. The smallest absolute Gasteiger partial charge is 0.282 e. The molecule has 0 saturated carbocycles. The number of aryl methyl sites for hydroxylation is 1. The number of benzene rings is 2. The van der Waals surface area contributed by atoms with Crippen LogP contribution in [0.3, 0.4) is 0 Å². The van der Waals surface area contributed by atoms with Crippen molar-refractivity contribution < 1.29 is 22.4 Å². The van der Waals surface area contributed by atoms with Crippen LogP contribution in [0.15, 0.2) is 48.7 Å². The number of carbonyl (C=O) groups excluding carboxylic acids is 1. The third kappa shape index (κ3) is 4.16. The van der Waals surface area contributed by atoms with Gasteiger partial charge >= 0.3 is 0 Å². The predicted molar refractivity (Wildman–Crippen MR) is 92.3 cm³/mol. The Morgan fingerprint density at radius 1 is 1.15 bits per heavy atom. The van der Waals surface area contributed by atoms with Gasteiger partial charge < -0.3 is 5.32 Å². The van der Waals surface area contributed by atoms with Crippen molar-refractivity contribution in [1.82, 2.24) is 9.78 Å². The molecule has 0 aliphatic rings. The lowest BCUT2D eigenvalue weighted by Gasteiger charge is -2.12. The molecule has 8 heteroatoms. The summed E-state index contributed by atoms with van der Waals surface area (Å²) in [4.78, 5) is 12.3. The zero-order valence-electron chi connectivity index (χ0n) is 14.2. The van der Waals surface area contributed by atoms with Crippen molar-refractivity contribution in [1.29, 1.82) is 0 Å². The fourth-order valence-corrected chi connectivity index (χ4v) is 2.78. The molecule has 4 nitrogen and oxygen atoms in total. The number of anilines is 1. The Morgan fingerprint density at radius 3 is 2.59 bits per heavy atom. The molecule has 0 unspecified atom stereocenters. The van der Waals surface area contributed by atoms with Crippen molar-refractivity contribution in [3.05, 3.63) is 71.6 Å². The number of nitrogens with zero attached hydrogens (tertiary/aromatic N) is 2. The van der Waals surface area contributed by atoms with Crippen molar-refractivity contribution in [2.75, 3.05) is 5.32 Å². The highest BCUT2D eigenvalue weighted by Crippen LogP contribution is 2.30. The molecule has 1 heterocycles. The first-order valence-corrected chi connectivity index (χ1v) is 8.00. The van der Waals surface area contributed by atoms with Crippen LogP contribution in [0.25, 0.3) is 11.1 Å². The Balaban J connectivity index is 1.85. The number of halogens is 4. The summed E-state index contributed by atoms with van der Waals surface area (Å²) in [6.07, 6.45) is -1.75. The normalized spacial score (nSPS) is 11.0. The maximum atomic E-state index is 14.1. The second-order valence-electron chi connectivity index (χ2n) is 5.91. The molecule has 0 bridgehead atoms. The zero-order valence-corrected chi connectivity index (χ0v) is 14.2. The van der Waals surface area contributed by atoms with Crippen LogP contribution in [0, 0.1) is 11.6 Å². The Hall–Kier alpha value is -3.16. The van der Waals surface area contributed by atoms with E-state index in [1.54, 1.807) is 24.3 Å². The summed E-state index contributed by atoms with van der Waals surface area (Å²) >= 11 is 0. The van der Waals surface area contributed by atoms with E-state index >= 15 is 0 Å². The molecule has 0 radical (unpaired) electrons. The van der Waals surface area contributed by atoms with E-state index < -0.39 is 29.7 Å². The van der Waals surface area contributed by atoms with E-state index in [9.17, 15) is 22.4 Å². The van der Waals surface area contributed by atoms with Crippen LogP contribution >= 0.6 is 0 Å². The minimum atomic E-state index is -2.80. The Bertz CT molecular complexity index is 985. The summed E-state index contributed by atoms with van der Waals surface area (Å²) in [6.45, 7) is 0. The van der Waals surface area contributed by atoms with E-state index in [1.165, 1.54) is 24.0 Å². The van der Waals surface area contributed by atoms with Gasteiger partial charge in [-0.25, -0.2) is 17.6 Å². The van der Waals surface area contributed by atoms with Crippen molar-refractivity contribution in [2.45, 2.75) is 12.8 Å². The van der Waals surface area contributed by atoms with Gasteiger partial charge in [-0.1, -0.05) is 18.2 Å². The molecular weight excluding hydrogens is 362 g/mol. The van der Waals surface area contributed by atoms with E-state index in [4.69, 9.17) is 0 Å². The van der Waals surface area contributed by atoms with Crippen LogP contribution in [-0.2, 0) is 18.3 Å². The van der Waals surface area contributed by atoms with E-state index in [-0.39, 0.29) is 23.2 Å². The monoisotopic (exact) mass is 377 g/mol. The molecule has 140 valence electrons. The number of alkyl halides is 2. The van der Waals surface area contributed by atoms with E-state index in [2.05, 4.69) is 10.4 Å². The molecule has 0 aliphatic carbocycles. The van der Waals surface area contributed by atoms with Crippen LogP contribution < -0.4 is 5.32 Å². The predicted octanol–water partition coefficient (Wildman–Crippen LogP) is 4.48. The molecule has 0 atom stereocenters. The summed E-state index contributed by atoms with van der Waals surface area (Å²) in [6, 6.07) is 9.53. The Kier molecular flexibility index (Phi) is 5.25. The summed E-state index contributed by atoms with van der Waals surface area (Å²) in [7, 11) is 1.49. The van der Waals surface area contributed by atoms with Gasteiger partial charge in [-0.15, -0.1) is 0 Å². The van der Waals surface area contributed by atoms with Gasteiger partial charge in [-0.2, -0.15) is 5.10 Å². The van der Waals surface area contributed by atoms with Crippen LogP contribution in [0.4, 0.5) is 23.2 Å². The van der Waals surface area contributed by atoms with Crippen molar-refractivity contribution in [3.63, 3.8) is 0 Å². The molecule has 3 rings (SSSR count). The van der Waals surface area contributed by atoms with E-state index in [1.807, 2.05) is 0 Å². The Labute approximate surface area is 152 Å². The molecule has 1 amide bonds. The van der Waals surface area contributed by atoms with E-state index in [0.717, 1.165) is 12.1 Å². The molecule has 0 aliphatic heterocycles. The first-order chi connectivity index (χ1) is 12.8. The van der Waals surface area contributed by atoms with E-state index in [0.29, 0.717) is 5.56 Å². The minimum absolute atomic E-state index is 0.107. The second-order valence-corrected chi connectivity index (χ2v) is 5.91. The molecule has 1 aromatic heterocycles.